The molecule has 1 rings (SSSR count). The highest BCUT2D eigenvalue weighted by atomic mass is 19.4. The van der Waals surface area contributed by atoms with Crippen LogP contribution in [0.2, 0.25) is 0 Å². The first-order valence-corrected chi connectivity index (χ1v) is 5.01. The second kappa shape index (κ2) is 5.74. The fourth-order valence-corrected chi connectivity index (χ4v) is 1.38. The summed E-state index contributed by atoms with van der Waals surface area (Å²) in [5.41, 5.74) is 5.07. The van der Waals surface area contributed by atoms with Gasteiger partial charge in [0.25, 0.3) is 0 Å². The Hall–Kier alpha value is -2.03. The Morgan fingerprint density at radius 2 is 2.16 bits per heavy atom. The molecule has 0 unspecified atom stereocenters. The van der Waals surface area contributed by atoms with Crippen molar-refractivity contribution in [1.82, 2.24) is 4.98 Å². The van der Waals surface area contributed by atoms with Crippen LogP contribution in [-0.4, -0.2) is 29.5 Å². The first-order chi connectivity index (χ1) is 8.76. The van der Waals surface area contributed by atoms with E-state index in [2.05, 4.69) is 9.72 Å². The lowest BCUT2D eigenvalue weighted by molar-refractivity contribution is -0.275. The summed E-state index contributed by atoms with van der Waals surface area (Å²) in [6, 6.07) is 0.939. The standard InChI is InChI=1S/C10H11F3N2O4/c1-18-9-6(3-8(16)17)7(19-10(11,12)13)2-5(4-14)15-9/h2H,3-4,14H2,1H3,(H,16,17). The number of methoxy groups -OCH3 is 1. The summed E-state index contributed by atoms with van der Waals surface area (Å²) in [4.78, 5) is 14.5. The quantitative estimate of drug-likeness (QED) is 0.838. The van der Waals surface area contributed by atoms with E-state index in [1.807, 2.05) is 0 Å². The maximum Gasteiger partial charge on any atom is 0.573 e. The number of alkyl halides is 3. The highest BCUT2D eigenvalue weighted by Gasteiger charge is 2.33. The molecule has 1 aromatic rings. The lowest BCUT2D eigenvalue weighted by Gasteiger charge is -2.15. The molecule has 0 bridgehead atoms. The molecule has 9 heteroatoms. The fourth-order valence-electron chi connectivity index (χ4n) is 1.38. The van der Waals surface area contributed by atoms with Gasteiger partial charge < -0.3 is 20.3 Å². The SMILES string of the molecule is COc1nc(CN)cc(OC(F)(F)F)c1CC(=O)O. The van der Waals surface area contributed by atoms with Crippen molar-refractivity contribution >= 4 is 5.97 Å². The van der Waals surface area contributed by atoms with E-state index >= 15 is 0 Å². The summed E-state index contributed by atoms with van der Waals surface area (Å²) in [7, 11) is 1.16. The number of nitrogens with zero attached hydrogens (tertiary/aromatic N) is 1. The number of nitrogens with two attached hydrogens (primary N) is 1. The number of hydrogen-bond donors (Lipinski definition) is 2. The lowest BCUT2D eigenvalue weighted by atomic mass is 10.1. The minimum atomic E-state index is -4.95. The molecule has 1 aromatic heterocycles. The van der Waals surface area contributed by atoms with Crippen LogP contribution in [0, 0.1) is 0 Å². The molecule has 0 fully saturated rings. The molecule has 6 nitrogen and oxygen atoms in total. The largest absolute Gasteiger partial charge is 0.573 e. The molecule has 0 amide bonds. The highest BCUT2D eigenvalue weighted by Crippen LogP contribution is 2.32. The molecule has 3 N–H and O–H groups in total. The van der Waals surface area contributed by atoms with Gasteiger partial charge >= 0.3 is 12.3 Å². The zero-order chi connectivity index (χ0) is 14.6. The van der Waals surface area contributed by atoms with Crippen LogP contribution in [0.4, 0.5) is 13.2 Å². The average Bonchev–Trinajstić information content (AvgIpc) is 2.28. The second-order valence-electron chi connectivity index (χ2n) is 3.42. The number of carboxylic acids is 1. The maximum atomic E-state index is 12.3. The molecule has 19 heavy (non-hydrogen) atoms. The highest BCUT2D eigenvalue weighted by molar-refractivity contribution is 5.72. The Balaban J connectivity index is 3.32. The Morgan fingerprint density at radius 3 is 2.58 bits per heavy atom. The van der Waals surface area contributed by atoms with Crippen LogP contribution in [0.25, 0.3) is 0 Å². The van der Waals surface area contributed by atoms with Crippen LogP contribution < -0.4 is 15.2 Å². The zero-order valence-corrected chi connectivity index (χ0v) is 9.82. The van der Waals surface area contributed by atoms with Gasteiger partial charge in [-0.3, -0.25) is 4.79 Å². The van der Waals surface area contributed by atoms with Gasteiger partial charge in [-0.15, -0.1) is 13.2 Å². The summed E-state index contributed by atoms with van der Waals surface area (Å²) >= 11 is 0. The number of carboxylic acid groups (broad SMARTS) is 1. The van der Waals surface area contributed by atoms with Crippen molar-refractivity contribution in [3.05, 3.63) is 17.3 Å². The van der Waals surface area contributed by atoms with Gasteiger partial charge in [-0.2, -0.15) is 0 Å². The summed E-state index contributed by atoms with van der Waals surface area (Å²) in [6.07, 6.45) is -5.67. The van der Waals surface area contributed by atoms with Gasteiger partial charge in [-0.05, 0) is 0 Å². The summed E-state index contributed by atoms with van der Waals surface area (Å²) in [5, 5.41) is 8.69. The van der Waals surface area contributed by atoms with Crippen LogP contribution in [-0.2, 0) is 17.8 Å². The van der Waals surface area contributed by atoms with Gasteiger partial charge in [0.1, 0.15) is 5.75 Å². The molecule has 1 heterocycles. The second-order valence-corrected chi connectivity index (χ2v) is 3.42. The summed E-state index contributed by atoms with van der Waals surface area (Å²) in [6.45, 7) is -0.141. The Bertz CT molecular complexity index is 477. The number of aliphatic carboxylic acids is 1. The third-order valence-corrected chi connectivity index (χ3v) is 2.05. The number of pyridine rings is 1. The predicted molar refractivity (Wildman–Crippen MR) is 56.7 cm³/mol. The minimum Gasteiger partial charge on any atom is -0.481 e. The number of halogens is 3. The van der Waals surface area contributed by atoms with E-state index in [0.29, 0.717) is 0 Å². The summed E-state index contributed by atoms with van der Waals surface area (Å²) < 4.78 is 45.4. The topological polar surface area (TPSA) is 94.7 Å². The van der Waals surface area contributed by atoms with Gasteiger partial charge in [0, 0.05) is 12.6 Å². The van der Waals surface area contributed by atoms with Crippen LogP contribution in [0.15, 0.2) is 6.07 Å². The van der Waals surface area contributed by atoms with E-state index in [4.69, 9.17) is 15.6 Å². The monoisotopic (exact) mass is 280 g/mol. The number of aromatic nitrogens is 1. The van der Waals surface area contributed by atoms with Crippen molar-refractivity contribution in [2.24, 2.45) is 5.73 Å². The first-order valence-electron chi connectivity index (χ1n) is 5.01. The molecule has 0 aliphatic rings. The molecule has 0 spiro atoms. The fraction of sp³-hybridized carbons (Fsp3) is 0.400. The van der Waals surface area contributed by atoms with E-state index in [1.165, 1.54) is 0 Å². The van der Waals surface area contributed by atoms with Gasteiger partial charge in [0.2, 0.25) is 5.88 Å². The average molecular weight is 280 g/mol. The number of ether oxygens (including phenoxy) is 2. The molecule has 0 aliphatic carbocycles. The van der Waals surface area contributed by atoms with E-state index in [9.17, 15) is 18.0 Å². The Kier molecular flexibility index (Phi) is 4.54. The van der Waals surface area contributed by atoms with E-state index in [1.54, 1.807) is 0 Å². The van der Waals surface area contributed by atoms with Crippen molar-refractivity contribution in [2.45, 2.75) is 19.3 Å². The third-order valence-electron chi connectivity index (χ3n) is 2.05. The van der Waals surface area contributed by atoms with Crippen LogP contribution >= 0.6 is 0 Å². The molecule has 0 radical (unpaired) electrons. The molecule has 0 aromatic carbocycles. The number of hydrogen-bond acceptors (Lipinski definition) is 5. The molecular formula is C10H11F3N2O4. The van der Waals surface area contributed by atoms with E-state index in [-0.39, 0.29) is 23.7 Å². The van der Waals surface area contributed by atoms with Gasteiger partial charge in [0.15, 0.2) is 0 Å². The van der Waals surface area contributed by atoms with Crippen molar-refractivity contribution < 1.29 is 32.5 Å². The van der Waals surface area contributed by atoms with Gasteiger partial charge in [-0.1, -0.05) is 0 Å². The molecule has 0 saturated heterocycles. The maximum absolute atomic E-state index is 12.3. The van der Waals surface area contributed by atoms with Crippen LogP contribution in [0.1, 0.15) is 11.3 Å². The zero-order valence-electron chi connectivity index (χ0n) is 9.82. The van der Waals surface area contributed by atoms with Crippen molar-refractivity contribution in [2.75, 3.05) is 7.11 Å². The van der Waals surface area contributed by atoms with Gasteiger partial charge in [0.05, 0.1) is 24.8 Å². The van der Waals surface area contributed by atoms with E-state index in [0.717, 1.165) is 13.2 Å². The van der Waals surface area contributed by atoms with Crippen molar-refractivity contribution in [1.29, 1.82) is 0 Å². The smallest absolute Gasteiger partial charge is 0.481 e. The minimum absolute atomic E-state index is 0.0882. The van der Waals surface area contributed by atoms with Crippen LogP contribution in [0.3, 0.4) is 0 Å². The Labute approximate surface area is 105 Å². The lowest BCUT2D eigenvalue weighted by Crippen LogP contribution is -2.20. The first kappa shape index (κ1) is 15.0. The van der Waals surface area contributed by atoms with E-state index < -0.39 is 24.5 Å². The summed E-state index contributed by atoms with van der Waals surface area (Å²) in [5.74, 6) is -2.28. The van der Waals surface area contributed by atoms with Crippen molar-refractivity contribution in [3.63, 3.8) is 0 Å². The molecule has 106 valence electrons. The molecule has 0 aliphatic heterocycles. The van der Waals surface area contributed by atoms with Gasteiger partial charge in [-0.25, -0.2) is 4.98 Å². The predicted octanol–water partition coefficient (Wildman–Crippen LogP) is 1.07. The van der Waals surface area contributed by atoms with Crippen LogP contribution in [0.5, 0.6) is 11.6 Å². The molecule has 0 saturated carbocycles. The number of carbonyl (C=O) groups is 1. The molecular weight excluding hydrogens is 269 g/mol. The normalized spacial score (nSPS) is 11.2. The third kappa shape index (κ3) is 4.28. The van der Waals surface area contributed by atoms with Crippen molar-refractivity contribution in [3.8, 4) is 11.6 Å². The number of rotatable bonds is 5. The Morgan fingerprint density at radius 1 is 1.53 bits per heavy atom. The molecule has 0 atom stereocenters.